The molecule has 1 N–H and O–H groups in total. The van der Waals surface area contributed by atoms with Crippen molar-refractivity contribution in [3.05, 3.63) is 11.8 Å². The number of anilines is 1. The topological polar surface area (TPSA) is 53.6 Å². The van der Waals surface area contributed by atoms with E-state index in [1.54, 1.807) is 11.6 Å². The molecule has 4 nitrogen and oxygen atoms in total. The number of nitrogens with one attached hydrogen (secondary N) is 1. The standard InChI is InChI=1S/C8H12N4/c1-6(5-9)10-8-4-7(2)12(3)11-8/h4,6H,1-3H3,(H,10,11). The molecule has 12 heavy (non-hydrogen) atoms. The highest BCUT2D eigenvalue weighted by Gasteiger charge is 2.03. The molecule has 0 aliphatic rings. The predicted molar refractivity (Wildman–Crippen MR) is 46.6 cm³/mol. The van der Waals surface area contributed by atoms with E-state index in [0.717, 1.165) is 11.5 Å². The zero-order chi connectivity index (χ0) is 9.14. The quantitative estimate of drug-likeness (QED) is 0.710. The molecular formula is C8H12N4. The highest BCUT2D eigenvalue weighted by Crippen LogP contribution is 2.07. The fraction of sp³-hybridized carbons (Fsp3) is 0.500. The minimum Gasteiger partial charge on any atom is -0.353 e. The summed E-state index contributed by atoms with van der Waals surface area (Å²) in [6.07, 6.45) is 0. The number of aromatic nitrogens is 2. The summed E-state index contributed by atoms with van der Waals surface area (Å²) in [4.78, 5) is 0. The van der Waals surface area contributed by atoms with Crippen molar-refractivity contribution in [1.29, 1.82) is 5.26 Å². The van der Waals surface area contributed by atoms with E-state index in [2.05, 4.69) is 16.5 Å². The molecule has 0 spiro atoms. The Hall–Kier alpha value is -1.50. The van der Waals surface area contributed by atoms with Gasteiger partial charge in [-0.05, 0) is 13.8 Å². The van der Waals surface area contributed by atoms with Gasteiger partial charge in [-0.2, -0.15) is 10.4 Å². The van der Waals surface area contributed by atoms with Crippen LogP contribution in [0.5, 0.6) is 0 Å². The maximum atomic E-state index is 8.53. The summed E-state index contributed by atoms with van der Waals surface area (Å²) in [6, 6.07) is 3.80. The minimum absolute atomic E-state index is 0.195. The number of hydrogen-bond donors (Lipinski definition) is 1. The Morgan fingerprint density at radius 3 is 2.83 bits per heavy atom. The lowest BCUT2D eigenvalue weighted by Crippen LogP contribution is -2.12. The van der Waals surface area contributed by atoms with Gasteiger partial charge in [0, 0.05) is 18.8 Å². The summed E-state index contributed by atoms with van der Waals surface area (Å²) < 4.78 is 1.77. The van der Waals surface area contributed by atoms with Crippen molar-refractivity contribution in [2.24, 2.45) is 7.05 Å². The van der Waals surface area contributed by atoms with E-state index in [4.69, 9.17) is 5.26 Å². The molecule has 1 aromatic rings. The summed E-state index contributed by atoms with van der Waals surface area (Å²) in [7, 11) is 1.87. The lowest BCUT2D eigenvalue weighted by molar-refractivity contribution is 0.739. The van der Waals surface area contributed by atoms with Crippen LogP contribution in [0.15, 0.2) is 6.07 Å². The van der Waals surface area contributed by atoms with Crippen LogP contribution in [0.2, 0.25) is 0 Å². The van der Waals surface area contributed by atoms with Gasteiger partial charge in [0.2, 0.25) is 0 Å². The molecule has 1 rings (SSSR count). The second-order valence-corrected chi connectivity index (χ2v) is 2.79. The van der Waals surface area contributed by atoms with E-state index in [1.807, 2.05) is 20.0 Å². The van der Waals surface area contributed by atoms with Crippen LogP contribution in [0, 0.1) is 18.3 Å². The Bertz CT molecular complexity index is 288. The van der Waals surface area contributed by atoms with Gasteiger partial charge in [0.25, 0.3) is 0 Å². The van der Waals surface area contributed by atoms with E-state index in [-0.39, 0.29) is 6.04 Å². The van der Waals surface area contributed by atoms with Crippen molar-refractivity contribution >= 4 is 5.82 Å². The summed E-state index contributed by atoms with van der Waals surface area (Å²) in [6.45, 7) is 3.76. The third-order valence-electron chi connectivity index (χ3n) is 1.67. The molecular weight excluding hydrogens is 152 g/mol. The molecule has 0 aliphatic heterocycles. The van der Waals surface area contributed by atoms with E-state index >= 15 is 0 Å². The maximum absolute atomic E-state index is 8.53. The number of nitrogens with zero attached hydrogens (tertiary/aromatic N) is 3. The number of rotatable bonds is 2. The molecule has 1 aromatic heterocycles. The zero-order valence-electron chi connectivity index (χ0n) is 7.50. The third kappa shape index (κ3) is 1.76. The van der Waals surface area contributed by atoms with Crippen LogP contribution in [-0.2, 0) is 7.05 Å². The first-order valence-electron chi connectivity index (χ1n) is 3.80. The van der Waals surface area contributed by atoms with Crippen LogP contribution in [0.4, 0.5) is 5.82 Å². The molecule has 64 valence electrons. The monoisotopic (exact) mass is 164 g/mol. The van der Waals surface area contributed by atoms with Crippen molar-refractivity contribution in [3.63, 3.8) is 0 Å². The van der Waals surface area contributed by atoms with Crippen LogP contribution in [-0.4, -0.2) is 15.8 Å². The first kappa shape index (κ1) is 8.60. The molecule has 1 atom stereocenters. The average Bonchev–Trinajstić information content (AvgIpc) is 2.31. The van der Waals surface area contributed by atoms with Gasteiger partial charge in [-0.25, -0.2) is 0 Å². The van der Waals surface area contributed by atoms with Crippen LogP contribution in [0.1, 0.15) is 12.6 Å². The molecule has 1 unspecified atom stereocenters. The smallest absolute Gasteiger partial charge is 0.149 e. The first-order valence-corrected chi connectivity index (χ1v) is 3.80. The number of nitriles is 1. The Morgan fingerprint density at radius 2 is 2.42 bits per heavy atom. The highest BCUT2D eigenvalue weighted by molar-refractivity contribution is 5.37. The Balaban J connectivity index is 2.72. The molecule has 0 bridgehead atoms. The fourth-order valence-electron chi connectivity index (χ4n) is 0.885. The lowest BCUT2D eigenvalue weighted by atomic mass is 10.4. The maximum Gasteiger partial charge on any atom is 0.149 e. The minimum atomic E-state index is -0.195. The van der Waals surface area contributed by atoms with Crippen LogP contribution in [0.3, 0.4) is 0 Å². The van der Waals surface area contributed by atoms with E-state index in [1.165, 1.54) is 0 Å². The Kier molecular flexibility index (Phi) is 2.34. The molecule has 0 aliphatic carbocycles. The second-order valence-electron chi connectivity index (χ2n) is 2.79. The van der Waals surface area contributed by atoms with Gasteiger partial charge >= 0.3 is 0 Å². The van der Waals surface area contributed by atoms with Crippen molar-refractivity contribution in [2.75, 3.05) is 5.32 Å². The summed E-state index contributed by atoms with van der Waals surface area (Å²) in [5.41, 5.74) is 1.07. The highest BCUT2D eigenvalue weighted by atomic mass is 15.3. The third-order valence-corrected chi connectivity index (χ3v) is 1.67. The SMILES string of the molecule is Cc1cc(NC(C)C#N)nn1C. The van der Waals surface area contributed by atoms with Crippen LogP contribution >= 0.6 is 0 Å². The predicted octanol–water partition coefficient (Wildman–Crippen LogP) is 1.05. The molecule has 1 heterocycles. The van der Waals surface area contributed by atoms with Gasteiger partial charge in [-0.1, -0.05) is 0 Å². The van der Waals surface area contributed by atoms with Crippen molar-refractivity contribution in [2.45, 2.75) is 19.9 Å². The van der Waals surface area contributed by atoms with Crippen molar-refractivity contribution in [1.82, 2.24) is 9.78 Å². The van der Waals surface area contributed by atoms with Crippen molar-refractivity contribution < 1.29 is 0 Å². The van der Waals surface area contributed by atoms with Gasteiger partial charge in [0.15, 0.2) is 0 Å². The summed E-state index contributed by atoms with van der Waals surface area (Å²) in [5, 5.41) is 15.6. The molecule has 0 saturated carbocycles. The normalized spacial score (nSPS) is 12.2. The molecule has 0 fully saturated rings. The molecule has 0 amide bonds. The van der Waals surface area contributed by atoms with Crippen LogP contribution < -0.4 is 5.32 Å². The lowest BCUT2D eigenvalue weighted by Gasteiger charge is -2.01. The van der Waals surface area contributed by atoms with E-state index in [0.29, 0.717) is 0 Å². The van der Waals surface area contributed by atoms with Gasteiger partial charge in [0.05, 0.1) is 6.07 Å². The van der Waals surface area contributed by atoms with Crippen molar-refractivity contribution in [3.8, 4) is 6.07 Å². The van der Waals surface area contributed by atoms with E-state index < -0.39 is 0 Å². The second kappa shape index (κ2) is 3.26. The number of hydrogen-bond acceptors (Lipinski definition) is 3. The van der Waals surface area contributed by atoms with Gasteiger partial charge < -0.3 is 5.32 Å². The summed E-state index contributed by atoms with van der Waals surface area (Å²) >= 11 is 0. The van der Waals surface area contributed by atoms with Gasteiger partial charge in [0.1, 0.15) is 11.9 Å². The van der Waals surface area contributed by atoms with Gasteiger partial charge in [-0.15, -0.1) is 0 Å². The van der Waals surface area contributed by atoms with Gasteiger partial charge in [-0.3, -0.25) is 4.68 Å². The van der Waals surface area contributed by atoms with Crippen LogP contribution in [0.25, 0.3) is 0 Å². The fourth-order valence-corrected chi connectivity index (χ4v) is 0.885. The van der Waals surface area contributed by atoms with E-state index in [9.17, 15) is 0 Å². The molecule has 0 saturated heterocycles. The Labute approximate surface area is 71.8 Å². The Morgan fingerprint density at radius 1 is 1.75 bits per heavy atom. The zero-order valence-corrected chi connectivity index (χ0v) is 7.50. The first-order chi connectivity index (χ1) is 5.63. The average molecular weight is 164 g/mol. The number of aryl methyl sites for hydroxylation is 2. The molecule has 0 aromatic carbocycles. The molecule has 4 heteroatoms. The molecule has 0 radical (unpaired) electrons. The summed E-state index contributed by atoms with van der Waals surface area (Å²) in [5.74, 6) is 0.754. The largest absolute Gasteiger partial charge is 0.353 e.